The number of thiazole rings is 1. The summed E-state index contributed by atoms with van der Waals surface area (Å²) in [6.07, 6.45) is 2.16. The van der Waals surface area contributed by atoms with Crippen LogP contribution in [-0.4, -0.2) is 53.8 Å². The van der Waals surface area contributed by atoms with Gasteiger partial charge in [0.1, 0.15) is 5.75 Å². The minimum Gasteiger partial charge on any atom is -0.497 e. The summed E-state index contributed by atoms with van der Waals surface area (Å²) in [5.41, 5.74) is 5.04. The molecule has 4 heterocycles. The van der Waals surface area contributed by atoms with Gasteiger partial charge in [0.05, 0.1) is 12.8 Å². The molecule has 0 unspecified atom stereocenters. The number of nitrogens with zero attached hydrogens (tertiary/aromatic N) is 3. The monoisotopic (exact) mass is 386 g/mol. The Morgan fingerprint density at radius 3 is 2.81 bits per heavy atom. The Balaban J connectivity index is 1.41. The number of aromatic nitrogens is 2. The maximum absolute atomic E-state index is 5.41. The highest BCUT2D eigenvalue weighted by atomic mass is 32.2. The van der Waals surface area contributed by atoms with Crippen LogP contribution in [0.25, 0.3) is 22.2 Å². The van der Waals surface area contributed by atoms with E-state index in [0.717, 1.165) is 40.9 Å². The van der Waals surface area contributed by atoms with Crippen molar-refractivity contribution < 1.29 is 4.74 Å². The molecule has 0 atom stereocenters. The zero-order valence-electron chi connectivity index (χ0n) is 15.2. The SMILES string of the molecule is COc1ccc2[nH]c(C)c(-c3csc(N4CC5(CN(SC)C5)C4)n3)c2c1. The Kier molecular flexibility index (Phi) is 3.74. The molecule has 7 heteroatoms. The molecule has 2 saturated heterocycles. The lowest BCUT2D eigenvalue weighted by molar-refractivity contribution is 0.0480. The third-order valence-corrected chi connectivity index (χ3v) is 7.22. The predicted octanol–water partition coefficient (Wildman–Crippen LogP) is 4.01. The van der Waals surface area contributed by atoms with Crippen LogP contribution in [-0.2, 0) is 0 Å². The molecule has 2 aliphatic rings. The number of fused-ring (bicyclic) bond motifs is 1. The summed E-state index contributed by atoms with van der Waals surface area (Å²) in [5, 5.41) is 4.50. The van der Waals surface area contributed by atoms with E-state index in [-0.39, 0.29) is 0 Å². The van der Waals surface area contributed by atoms with Crippen LogP contribution in [0.5, 0.6) is 5.75 Å². The van der Waals surface area contributed by atoms with Gasteiger partial charge in [-0.05, 0) is 31.4 Å². The minimum atomic E-state index is 0.513. The van der Waals surface area contributed by atoms with Gasteiger partial charge >= 0.3 is 0 Å². The third kappa shape index (κ3) is 2.45. The summed E-state index contributed by atoms with van der Waals surface area (Å²) in [7, 11) is 1.71. The largest absolute Gasteiger partial charge is 0.497 e. The van der Waals surface area contributed by atoms with Crippen LogP contribution in [0, 0.1) is 12.3 Å². The lowest BCUT2D eigenvalue weighted by atomic mass is 9.75. The Morgan fingerprint density at radius 2 is 2.08 bits per heavy atom. The van der Waals surface area contributed by atoms with Crippen LogP contribution in [0.15, 0.2) is 23.6 Å². The van der Waals surface area contributed by atoms with Gasteiger partial charge in [-0.1, -0.05) is 11.9 Å². The molecule has 3 aromatic rings. The van der Waals surface area contributed by atoms with Gasteiger partial charge in [0.25, 0.3) is 0 Å². The van der Waals surface area contributed by atoms with Gasteiger partial charge < -0.3 is 14.6 Å². The molecule has 0 radical (unpaired) electrons. The second-order valence-corrected chi connectivity index (χ2v) is 9.11. The maximum Gasteiger partial charge on any atom is 0.185 e. The van der Waals surface area contributed by atoms with Crippen molar-refractivity contribution in [3.8, 4) is 17.0 Å². The number of nitrogens with one attached hydrogen (secondary N) is 1. The van der Waals surface area contributed by atoms with Crippen molar-refractivity contribution in [2.45, 2.75) is 6.92 Å². The van der Waals surface area contributed by atoms with Gasteiger partial charge in [-0.25, -0.2) is 9.29 Å². The maximum atomic E-state index is 5.41. The quantitative estimate of drug-likeness (QED) is 0.687. The summed E-state index contributed by atoms with van der Waals surface area (Å²) in [6, 6.07) is 6.16. The molecule has 0 bridgehead atoms. The van der Waals surface area contributed by atoms with Crippen molar-refractivity contribution in [1.29, 1.82) is 0 Å². The second kappa shape index (κ2) is 5.90. The molecule has 5 rings (SSSR count). The van der Waals surface area contributed by atoms with Crippen molar-refractivity contribution in [2.24, 2.45) is 5.41 Å². The Morgan fingerprint density at radius 1 is 1.27 bits per heavy atom. The molecule has 1 aromatic carbocycles. The van der Waals surface area contributed by atoms with Crippen LogP contribution in [0.1, 0.15) is 5.69 Å². The first kappa shape index (κ1) is 16.5. The highest BCUT2D eigenvalue weighted by molar-refractivity contribution is 7.96. The predicted molar refractivity (Wildman–Crippen MR) is 110 cm³/mol. The minimum absolute atomic E-state index is 0.513. The van der Waals surface area contributed by atoms with Crippen LogP contribution >= 0.6 is 23.3 Å². The molecule has 2 fully saturated rings. The Labute approximate surface area is 161 Å². The van der Waals surface area contributed by atoms with Crippen LogP contribution in [0.4, 0.5) is 5.13 Å². The van der Waals surface area contributed by atoms with Crippen molar-refractivity contribution in [3.05, 3.63) is 29.3 Å². The Hall–Kier alpha value is -1.70. The van der Waals surface area contributed by atoms with Gasteiger partial charge in [0, 0.05) is 59.1 Å². The third-order valence-electron chi connectivity index (χ3n) is 5.55. The number of aryl methyl sites for hydroxylation is 1. The number of aromatic amines is 1. The number of anilines is 1. The van der Waals surface area contributed by atoms with Crippen LogP contribution in [0.3, 0.4) is 0 Å². The molecule has 2 aliphatic heterocycles. The first-order chi connectivity index (χ1) is 12.6. The van der Waals surface area contributed by atoms with Gasteiger partial charge in [-0.3, -0.25) is 0 Å². The Bertz CT molecular complexity index is 965. The zero-order chi connectivity index (χ0) is 17.9. The molecular formula is C19H22N4OS2. The normalized spacial score (nSPS) is 19.0. The van der Waals surface area contributed by atoms with Crippen LogP contribution in [0.2, 0.25) is 0 Å². The lowest BCUT2D eigenvalue weighted by Gasteiger charge is -2.59. The van der Waals surface area contributed by atoms with Gasteiger partial charge in [-0.2, -0.15) is 0 Å². The van der Waals surface area contributed by atoms with Gasteiger partial charge in [0.2, 0.25) is 0 Å². The topological polar surface area (TPSA) is 44.4 Å². The molecule has 0 aliphatic carbocycles. The highest BCUT2D eigenvalue weighted by Crippen LogP contribution is 2.45. The fourth-order valence-corrected chi connectivity index (χ4v) is 5.84. The smallest absolute Gasteiger partial charge is 0.185 e. The van der Waals surface area contributed by atoms with Crippen molar-refractivity contribution in [2.75, 3.05) is 44.4 Å². The second-order valence-electron chi connectivity index (χ2n) is 7.39. The highest BCUT2D eigenvalue weighted by Gasteiger charge is 2.52. The van der Waals surface area contributed by atoms with Crippen LogP contribution < -0.4 is 9.64 Å². The van der Waals surface area contributed by atoms with Crippen molar-refractivity contribution in [3.63, 3.8) is 0 Å². The van der Waals surface area contributed by atoms with E-state index in [0.29, 0.717) is 5.41 Å². The molecule has 136 valence electrons. The fourth-order valence-electron chi connectivity index (χ4n) is 4.22. The van der Waals surface area contributed by atoms with Crippen molar-refractivity contribution >= 4 is 39.3 Å². The first-order valence-electron chi connectivity index (χ1n) is 8.77. The summed E-state index contributed by atoms with van der Waals surface area (Å²) >= 11 is 3.61. The molecule has 0 saturated carbocycles. The van der Waals surface area contributed by atoms with Gasteiger partial charge in [0.15, 0.2) is 5.13 Å². The molecule has 1 N–H and O–H groups in total. The zero-order valence-corrected chi connectivity index (χ0v) is 16.8. The molecular weight excluding hydrogens is 364 g/mol. The molecule has 5 nitrogen and oxygen atoms in total. The molecule has 1 spiro atoms. The van der Waals surface area contributed by atoms with Crippen molar-refractivity contribution in [1.82, 2.24) is 14.3 Å². The summed E-state index contributed by atoms with van der Waals surface area (Å²) in [6.45, 7) is 6.81. The summed E-state index contributed by atoms with van der Waals surface area (Å²) < 4.78 is 7.84. The molecule has 2 aromatic heterocycles. The fraction of sp³-hybridized carbons (Fsp3) is 0.421. The van der Waals surface area contributed by atoms with E-state index in [1.165, 1.54) is 24.0 Å². The van der Waals surface area contributed by atoms with Gasteiger partial charge in [-0.15, -0.1) is 11.3 Å². The number of methoxy groups -OCH3 is 1. The van der Waals surface area contributed by atoms with E-state index in [4.69, 9.17) is 9.72 Å². The van der Waals surface area contributed by atoms with E-state index in [1.807, 2.05) is 18.0 Å². The average Bonchev–Trinajstić information content (AvgIpc) is 3.15. The van der Waals surface area contributed by atoms with E-state index in [9.17, 15) is 0 Å². The average molecular weight is 387 g/mol. The van der Waals surface area contributed by atoms with E-state index in [2.05, 4.69) is 44.9 Å². The molecule has 0 amide bonds. The van der Waals surface area contributed by atoms with E-state index >= 15 is 0 Å². The first-order valence-corrected chi connectivity index (χ1v) is 10.8. The number of hydrogen-bond donors (Lipinski definition) is 1. The number of rotatable bonds is 4. The van der Waals surface area contributed by atoms with E-state index in [1.54, 1.807) is 18.4 Å². The lowest BCUT2D eigenvalue weighted by Crippen LogP contribution is -2.70. The number of ether oxygens (including phenoxy) is 1. The number of benzene rings is 1. The summed E-state index contributed by atoms with van der Waals surface area (Å²) in [5.74, 6) is 0.876. The number of hydrogen-bond acceptors (Lipinski definition) is 6. The molecule has 26 heavy (non-hydrogen) atoms. The standard InChI is InChI=1S/C19H22N4OS2/c1-12-17(14-6-13(24-2)4-5-15(14)20-12)16-7-26-18(21-16)22-8-19(9-22)10-23(11-19)25-3/h4-7,20H,8-11H2,1-3H3. The van der Waals surface area contributed by atoms with E-state index < -0.39 is 0 Å². The number of H-pyrrole nitrogens is 1. The summed E-state index contributed by atoms with van der Waals surface area (Å²) in [4.78, 5) is 10.9.